The van der Waals surface area contributed by atoms with Crippen LogP contribution in [0.4, 0.5) is 0 Å². The first kappa shape index (κ1) is 17.4. The largest absolute Gasteiger partial charge is 0.394 e. The molecule has 5 N–H and O–H groups in total. The van der Waals surface area contributed by atoms with E-state index in [0.717, 1.165) is 0 Å². The van der Waals surface area contributed by atoms with Gasteiger partial charge in [-0.3, -0.25) is 0 Å². The highest BCUT2D eigenvalue weighted by atomic mass is 16.7. The van der Waals surface area contributed by atoms with Gasteiger partial charge in [0.05, 0.1) is 13.2 Å². The molecule has 3 heterocycles. The second kappa shape index (κ2) is 6.84. The van der Waals surface area contributed by atoms with Crippen molar-refractivity contribution < 1.29 is 49.2 Å². The quantitative estimate of drug-likeness (QED) is 0.347. The van der Waals surface area contributed by atoms with E-state index in [9.17, 15) is 25.5 Å². The lowest BCUT2D eigenvalue weighted by atomic mass is 9.98. The SMILES string of the molecule is COC1C(OC2C(O)C(O)OC(CO)C2O)OC2COC1C2O. The van der Waals surface area contributed by atoms with Gasteiger partial charge in [-0.1, -0.05) is 0 Å². The van der Waals surface area contributed by atoms with Gasteiger partial charge in [0.2, 0.25) is 0 Å². The normalized spacial score (nSPS) is 53.5. The maximum atomic E-state index is 10.1. The number of rotatable bonds is 4. The van der Waals surface area contributed by atoms with Crippen LogP contribution in [0.1, 0.15) is 0 Å². The molecule has 0 saturated carbocycles. The van der Waals surface area contributed by atoms with E-state index >= 15 is 0 Å². The molecule has 3 aliphatic heterocycles. The summed E-state index contributed by atoms with van der Waals surface area (Å²) in [7, 11) is 1.39. The van der Waals surface area contributed by atoms with Gasteiger partial charge in [-0.2, -0.15) is 0 Å². The van der Waals surface area contributed by atoms with Crippen molar-refractivity contribution in [1.82, 2.24) is 0 Å². The molecule has 0 aliphatic carbocycles. The van der Waals surface area contributed by atoms with Crippen molar-refractivity contribution in [2.75, 3.05) is 20.3 Å². The Bertz CT molecular complexity index is 408. The minimum Gasteiger partial charge on any atom is -0.394 e. The maximum Gasteiger partial charge on any atom is 0.187 e. The summed E-state index contributed by atoms with van der Waals surface area (Å²) in [5.74, 6) is 0. The van der Waals surface area contributed by atoms with Crippen molar-refractivity contribution in [2.24, 2.45) is 0 Å². The lowest BCUT2D eigenvalue weighted by molar-refractivity contribution is -0.343. The van der Waals surface area contributed by atoms with Gasteiger partial charge in [0.1, 0.15) is 48.8 Å². The molecule has 2 bridgehead atoms. The van der Waals surface area contributed by atoms with Crippen LogP contribution in [0.15, 0.2) is 0 Å². The minimum absolute atomic E-state index is 0.173. The predicted octanol–water partition coefficient (Wildman–Crippen LogP) is -3.70. The molecule has 0 aromatic heterocycles. The molecule has 3 fully saturated rings. The average molecular weight is 338 g/mol. The van der Waals surface area contributed by atoms with E-state index in [2.05, 4.69) is 0 Å². The topological polar surface area (TPSA) is 147 Å². The Morgan fingerprint density at radius 1 is 1.00 bits per heavy atom. The Morgan fingerprint density at radius 2 is 1.74 bits per heavy atom. The zero-order valence-electron chi connectivity index (χ0n) is 12.5. The van der Waals surface area contributed by atoms with Gasteiger partial charge in [0.15, 0.2) is 12.6 Å². The van der Waals surface area contributed by atoms with Gasteiger partial charge in [0, 0.05) is 7.11 Å². The maximum absolute atomic E-state index is 10.1. The van der Waals surface area contributed by atoms with Crippen molar-refractivity contribution in [3.05, 3.63) is 0 Å². The monoisotopic (exact) mass is 338 g/mol. The molecule has 23 heavy (non-hydrogen) atoms. The van der Waals surface area contributed by atoms with Crippen LogP contribution in [0.2, 0.25) is 0 Å². The molecule has 0 aromatic rings. The highest BCUT2D eigenvalue weighted by Crippen LogP contribution is 2.34. The first-order valence-electron chi connectivity index (χ1n) is 7.41. The predicted molar refractivity (Wildman–Crippen MR) is 70.1 cm³/mol. The molecule has 10 nitrogen and oxygen atoms in total. The molecule has 10 heteroatoms. The summed E-state index contributed by atoms with van der Waals surface area (Å²) in [5.41, 5.74) is 0. The molecule has 0 amide bonds. The van der Waals surface area contributed by atoms with Gasteiger partial charge in [-0.25, -0.2) is 0 Å². The lowest BCUT2D eigenvalue weighted by Crippen LogP contribution is -2.63. The second-order valence-electron chi connectivity index (χ2n) is 5.86. The Kier molecular flexibility index (Phi) is 5.18. The number of hydrogen-bond donors (Lipinski definition) is 5. The van der Waals surface area contributed by atoms with Crippen LogP contribution in [0.3, 0.4) is 0 Å². The molecule has 0 aromatic carbocycles. The van der Waals surface area contributed by atoms with Crippen molar-refractivity contribution in [2.45, 2.75) is 61.4 Å². The smallest absolute Gasteiger partial charge is 0.187 e. The van der Waals surface area contributed by atoms with Crippen LogP contribution < -0.4 is 0 Å². The fourth-order valence-corrected chi connectivity index (χ4v) is 3.17. The fourth-order valence-electron chi connectivity index (χ4n) is 3.17. The fraction of sp³-hybridized carbons (Fsp3) is 1.00. The molecule has 3 saturated heterocycles. The third-order valence-corrected chi connectivity index (χ3v) is 4.48. The van der Waals surface area contributed by atoms with Crippen LogP contribution in [-0.2, 0) is 23.7 Å². The standard InChI is InChI=1S/C13H22O10/c1-19-11-10-7(16)5(3-20-10)22-13(11)23-9-6(15)4(2-14)21-12(18)8(9)17/h4-18H,2-3H2,1H3. The first-order chi connectivity index (χ1) is 11.0. The first-order valence-corrected chi connectivity index (χ1v) is 7.41. The van der Waals surface area contributed by atoms with Gasteiger partial charge < -0.3 is 49.2 Å². The molecule has 3 rings (SSSR count). The highest BCUT2D eigenvalue weighted by Gasteiger charge is 2.54. The molecule has 10 unspecified atom stereocenters. The molecule has 3 aliphatic rings. The van der Waals surface area contributed by atoms with Crippen molar-refractivity contribution in [3.63, 3.8) is 0 Å². The third-order valence-electron chi connectivity index (χ3n) is 4.48. The Balaban J connectivity index is 1.74. The van der Waals surface area contributed by atoms with E-state index in [1.165, 1.54) is 7.11 Å². The zero-order valence-corrected chi connectivity index (χ0v) is 12.5. The van der Waals surface area contributed by atoms with E-state index in [0.29, 0.717) is 0 Å². The van der Waals surface area contributed by atoms with E-state index in [1.54, 1.807) is 0 Å². The van der Waals surface area contributed by atoms with Gasteiger partial charge in [-0.15, -0.1) is 0 Å². The average Bonchev–Trinajstić information content (AvgIpc) is 2.79. The van der Waals surface area contributed by atoms with E-state index in [-0.39, 0.29) is 6.61 Å². The zero-order chi connectivity index (χ0) is 16.7. The summed E-state index contributed by atoms with van der Waals surface area (Å²) >= 11 is 0. The molecule has 10 atom stereocenters. The van der Waals surface area contributed by atoms with Crippen LogP contribution >= 0.6 is 0 Å². The summed E-state index contributed by atoms with van der Waals surface area (Å²) in [5, 5.41) is 49.0. The van der Waals surface area contributed by atoms with E-state index in [4.69, 9.17) is 23.7 Å². The van der Waals surface area contributed by atoms with Crippen molar-refractivity contribution in [3.8, 4) is 0 Å². The Hall–Kier alpha value is -0.400. The van der Waals surface area contributed by atoms with Crippen LogP contribution in [0, 0.1) is 0 Å². The summed E-state index contributed by atoms with van der Waals surface area (Å²) < 4.78 is 26.7. The third kappa shape index (κ3) is 3.00. The highest BCUT2D eigenvalue weighted by molar-refractivity contribution is 4.97. The van der Waals surface area contributed by atoms with Crippen LogP contribution in [-0.4, -0.2) is 107 Å². The molecular formula is C13H22O10. The number of aliphatic hydroxyl groups excluding tert-OH is 5. The molecule has 134 valence electrons. The minimum atomic E-state index is -1.62. The number of aliphatic hydroxyl groups is 5. The van der Waals surface area contributed by atoms with Crippen LogP contribution in [0.5, 0.6) is 0 Å². The van der Waals surface area contributed by atoms with Gasteiger partial charge >= 0.3 is 0 Å². The number of fused-ring (bicyclic) bond motifs is 2. The van der Waals surface area contributed by atoms with Crippen molar-refractivity contribution >= 4 is 0 Å². The second-order valence-corrected chi connectivity index (χ2v) is 5.86. The van der Waals surface area contributed by atoms with E-state index < -0.39 is 68.0 Å². The Morgan fingerprint density at radius 3 is 2.39 bits per heavy atom. The van der Waals surface area contributed by atoms with Gasteiger partial charge in [0.25, 0.3) is 0 Å². The summed E-state index contributed by atoms with van der Waals surface area (Å²) in [4.78, 5) is 0. The van der Waals surface area contributed by atoms with E-state index in [1.807, 2.05) is 0 Å². The number of hydrogen-bond acceptors (Lipinski definition) is 10. The lowest BCUT2D eigenvalue weighted by Gasteiger charge is -2.44. The van der Waals surface area contributed by atoms with Crippen molar-refractivity contribution in [1.29, 1.82) is 0 Å². The molecular weight excluding hydrogens is 316 g/mol. The van der Waals surface area contributed by atoms with Gasteiger partial charge in [-0.05, 0) is 0 Å². The molecule has 0 radical (unpaired) electrons. The summed E-state index contributed by atoms with van der Waals surface area (Å²) in [6.45, 7) is -0.385. The summed E-state index contributed by atoms with van der Waals surface area (Å²) in [6.07, 6.45) is -10.9. The Labute approximate surface area is 132 Å². The molecule has 0 spiro atoms. The number of ether oxygens (including phenoxy) is 5. The van der Waals surface area contributed by atoms with Crippen LogP contribution in [0.25, 0.3) is 0 Å². The summed E-state index contributed by atoms with van der Waals surface area (Å²) in [6, 6.07) is 0. The number of methoxy groups -OCH3 is 1.